The van der Waals surface area contributed by atoms with Crippen LogP contribution in [0.4, 0.5) is 4.39 Å². The molecule has 0 bridgehead atoms. The van der Waals surface area contributed by atoms with E-state index in [-0.39, 0.29) is 17.8 Å². The third kappa shape index (κ3) is 4.56. The number of likely N-dealkylation sites (tertiary alicyclic amines) is 2. The summed E-state index contributed by atoms with van der Waals surface area (Å²) in [7, 11) is 1.53. The summed E-state index contributed by atoms with van der Waals surface area (Å²) >= 11 is 0. The highest BCUT2D eigenvalue weighted by molar-refractivity contribution is 5.96. The van der Waals surface area contributed by atoms with Gasteiger partial charge in [-0.1, -0.05) is 12.1 Å². The molecule has 0 aliphatic carbocycles. The van der Waals surface area contributed by atoms with Gasteiger partial charge in [0.15, 0.2) is 11.6 Å². The summed E-state index contributed by atoms with van der Waals surface area (Å²) in [6.07, 6.45) is 5.36. The van der Waals surface area contributed by atoms with Crippen LogP contribution in [-0.4, -0.2) is 66.1 Å². The van der Waals surface area contributed by atoms with E-state index in [9.17, 15) is 9.18 Å². The van der Waals surface area contributed by atoms with Gasteiger partial charge < -0.3 is 14.4 Å². The molecule has 2 saturated heterocycles. The first-order chi connectivity index (χ1) is 14.7. The molecule has 30 heavy (non-hydrogen) atoms. The van der Waals surface area contributed by atoms with E-state index in [1.54, 1.807) is 36.5 Å². The maximum absolute atomic E-state index is 13.8. The molecule has 0 saturated carbocycles. The molecule has 3 heterocycles. The molecular weight excluding hydrogens is 385 g/mol. The normalized spacial score (nSPS) is 18.9. The van der Waals surface area contributed by atoms with Gasteiger partial charge in [0.1, 0.15) is 11.7 Å². The Labute approximate surface area is 176 Å². The third-order valence-corrected chi connectivity index (χ3v) is 6.07. The summed E-state index contributed by atoms with van der Waals surface area (Å²) in [5.74, 6) is 0.396. The van der Waals surface area contributed by atoms with Crippen LogP contribution in [0.1, 0.15) is 36.0 Å². The van der Waals surface area contributed by atoms with Crippen LogP contribution in [0.15, 0.2) is 42.6 Å². The zero-order valence-electron chi connectivity index (χ0n) is 17.3. The third-order valence-electron chi connectivity index (χ3n) is 6.07. The van der Waals surface area contributed by atoms with E-state index in [1.807, 2.05) is 4.90 Å². The van der Waals surface area contributed by atoms with Crippen LogP contribution in [0.25, 0.3) is 0 Å². The van der Waals surface area contributed by atoms with E-state index in [2.05, 4.69) is 9.88 Å². The largest absolute Gasteiger partial charge is 0.487 e. The fourth-order valence-corrected chi connectivity index (χ4v) is 4.40. The van der Waals surface area contributed by atoms with Gasteiger partial charge in [-0.05, 0) is 49.9 Å². The minimum Gasteiger partial charge on any atom is -0.487 e. The summed E-state index contributed by atoms with van der Waals surface area (Å²) in [5.41, 5.74) is 0.518. The standard InChI is InChI=1S/C23H28FN3O3/c1-29-22-19(5-4-12-25-22)23(28)27-13-8-17(9-14-27)26-15-10-18(11-16-26)30-21-7-3-2-6-20(21)24/h2-7,12,17-18H,8-11,13-16H2,1H3. The molecule has 160 valence electrons. The summed E-state index contributed by atoms with van der Waals surface area (Å²) < 4.78 is 24.9. The van der Waals surface area contributed by atoms with Crippen molar-refractivity contribution in [1.29, 1.82) is 0 Å². The Kier molecular flexibility index (Phi) is 6.47. The zero-order chi connectivity index (χ0) is 20.9. The SMILES string of the molecule is COc1ncccc1C(=O)N1CCC(N2CCC(Oc3ccccc3F)CC2)CC1. The van der Waals surface area contributed by atoms with Gasteiger partial charge in [0, 0.05) is 38.4 Å². The molecule has 4 rings (SSSR count). The number of carbonyl (C=O) groups is 1. The quantitative estimate of drug-likeness (QED) is 0.752. The molecular formula is C23H28FN3O3. The van der Waals surface area contributed by atoms with Crippen molar-refractivity contribution in [3.8, 4) is 11.6 Å². The first-order valence-electron chi connectivity index (χ1n) is 10.6. The van der Waals surface area contributed by atoms with Crippen LogP contribution < -0.4 is 9.47 Å². The lowest BCUT2D eigenvalue weighted by Crippen LogP contribution is -2.50. The van der Waals surface area contributed by atoms with E-state index in [0.717, 1.165) is 51.9 Å². The molecule has 0 radical (unpaired) electrons. The highest BCUT2D eigenvalue weighted by Crippen LogP contribution is 2.26. The number of pyridine rings is 1. The fraction of sp³-hybridized carbons (Fsp3) is 0.478. The van der Waals surface area contributed by atoms with Gasteiger partial charge >= 0.3 is 0 Å². The summed E-state index contributed by atoms with van der Waals surface area (Å²) in [4.78, 5) is 21.4. The minimum atomic E-state index is -0.304. The summed E-state index contributed by atoms with van der Waals surface area (Å²) in [6.45, 7) is 3.34. The predicted molar refractivity (Wildman–Crippen MR) is 111 cm³/mol. The van der Waals surface area contributed by atoms with Crippen molar-refractivity contribution < 1.29 is 18.7 Å². The van der Waals surface area contributed by atoms with Crippen LogP contribution in [0.2, 0.25) is 0 Å². The molecule has 7 heteroatoms. The van der Waals surface area contributed by atoms with Crippen molar-refractivity contribution in [2.24, 2.45) is 0 Å². The number of aromatic nitrogens is 1. The van der Waals surface area contributed by atoms with Crippen molar-refractivity contribution in [2.45, 2.75) is 37.8 Å². The lowest BCUT2D eigenvalue weighted by atomic mass is 9.98. The zero-order valence-corrected chi connectivity index (χ0v) is 17.3. The van der Waals surface area contributed by atoms with E-state index in [0.29, 0.717) is 23.2 Å². The number of rotatable bonds is 5. The van der Waals surface area contributed by atoms with Crippen LogP contribution in [0.5, 0.6) is 11.6 Å². The molecule has 0 atom stereocenters. The number of benzene rings is 1. The molecule has 1 amide bonds. The lowest BCUT2D eigenvalue weighted by molar-refractivity contribution is 0.0415. The van der Waals surface area contributed by atoms with Gasteiger partial charge in [0.25, 0.3) is 5.91 Å². The monoisotopic (exact) mass is 413 g/mol. The van der Waals surface area contributed by atoms with Crippen molar-refractivity contribution in [2.75, 3.05) is 33.3 Å². The molecule has 6 nitrogen and oxygen atoms in total. The van der Waals surface area contributed by atoms with Gasteiger partial charge in [-0.15, -0.1) is 0 Å². The topological polar surface area (TPSA) is 54.9 Å². The fourth-order valence-electron chi connectivity index (χ4n) is 4.40. The molecule has 1 aromatic carbocycles. The number of halogens is 1. The van der Waals surface area contributed by atoms with E-state index >= 15 is 0 Å². The number of hydrogen-bond acceptors (Lipinski definition) is 5. The molecule has 0 N–H and O–H groups in total. The first kappa shape index (κ1) is 20.6. The van der Waals surface area contributed by atoms with Crippen molar-refractivity contribution in [3.63, 3.8) is 0 Å². The Balaban J connectivity index is 1.26. The maximum Gasteiger partial charge on any atom is 0.259 e. The maximum atomic E-state index is 13.8. The number of hydrogen-bond donors (Lipinski definition) is 0. The van der Waals surface area contributed by atoms with E-state index in [4.69, 9.17) is 9.47 Å². The highest BCUT2D eigenvalue weighted by Gasteiger charge is 2.31. The second kappa shape index (κ2) is 9.43. The predicted octanol–water partition coefficient (Wildman–Crippen LogP) is 3.38. The average Bonchev–Trinajstić information content (AvgIpc) is 2.81. The molecule has 2 aliphatic heterocycles. The van der Waals surface area contributed by atoms with Gasteiger partial charge in [0.2, 0.25) is 5.88 Å². The van der Waals surface area contributed by atoms with Gasteiger partial charge in [-0.25, -0.2) is 9.37 Å². The number of piperidine rings is 2. The Morgan fingerprint density at radius 2 is 1.77 bits per heavy atom. The van der Waals surface area contributed by atoms with Gasteiger partial charge in [-0.3, -0.25) is 9.69 Å². The first-order valence-corrected chi connectivity index (χ1v) is 10.6. The highest BCUT2D eigenvalue weighted by atomic mass is 19.1. The summed E-state index contributed by atoms with van der Waals surface area (Å²) in [5, 5.41) is 0. The molecule has 2 fully saturated rings. The van der Waals surface area contributed by atoms with Crippen LogP contribution >= 0.6 is 0 Å². The molecule has 0 unspecified atom stereocenters. The Morgan fingerprint density at radius 1 is 1.03 bits per heavy atom. The number of para-hydroxylation sites is 1. The number of ether oxygens (including phenoxy) is 2. The average molecular weight is 413 g/mol. The van der Waals surface area contributed by atoms with Crippen LogP contribution in [0, 0.1) is 5.82 Å². The van der Waals surface area contributed by atoms with Crippen LogP contribution in [0.3, 0.4) is 0 Å². The Bertz CT molecular complexity index is 862. The number of amides is 1. The minimum absolute atomic E-state index is 0.0182. The van der Waals surface area contributed by atoms with E-state index < -0.39 is 0 Å². The second-order valence-electron chi connectivity index (χ2n) is 7.87. The van der Waals surface area contributed by atoms with Crippen molar-refractivity contribution in [1.82, 2.24) is 14.8 Å². The van der Waals surface area contributed by atoms with Gasteiger partial charge in [-0.2, -0.15) is 0 Å². The smallest absolute Gasteiger partial charge is 0.259 e. The Morgan fingerprint density at radius 3 is 2.47 bits per heavy atom. The Hall–Kier alpha value is -2.67. The van der Waals surface area contributed by atoms with Crippen molar-refractivity contribution >= 4 is 5.91 Å². The number of nitrogens with zero attached hydrogens (tertiary/aromatic N) is 3. The van der Waals surface area contributed by atoms with E-state index in [1.165, 1.54) is 13.2 Å². The number of methoxy groups -OCH3 is 1. The number of carbonyl (C=O) groups excluding carboxylic acids is 1. The van der Waals surface area contributed by atoms with Crippen molar-refractivity contribution in [3.05, 3.63) is 54.0 Å². The van der Waals surface area contributed by atoms with Gasteiger partial charge in [0.05, 0.1) is 7.11 Å². The second-order valence-corrected chi connectivity index (χ2v) is 7.87. The van der Waals surface area contributed by atoms with Crippen LogP contribution in [-0.2, 0) is 0 Å². The summed E-state index contributed by atoms with van der Waals surface area (Å²) in [6, 6.07) is 10.6. The lowest BCUT2D eigenvalue weighted by Gasteiger charge is -2.41. The molecule has 2 aromatic rings. The molecule has 0 spiro atoms. The molecule has 2 aliphatic rings. The molecule has 1 aromatic heterocycles.